The van der Waals surface area contributed by atoms with E-state index in [0.717, 1.165) is 5.56 Å². The van der Waals surface area contributed by atoms with Crippen LogP contribution in [-0.4, -0.2) is 34.4 Å². The minimum atomic E-state index is -1.58. The molecule has 0 radical (unpaired) electrons. The maximum Gasteiger partial charge on any atom is 0.323 e. The zero-order chi connectivity index (χ0) is 21.4. The van der Waals surface area contributed by atoms with Crippen molar-refractivity contribution in [1.29, 1.82) is 0 Å². The quantitative estimate of drug-likeness (QED) is 0.512. The summed E-state index contributed by atoms with van der Waals surface area (Å²) in [6.45, 7) is 1.58. The van der Waals surface area contributed by atoms with Crippen LogP contribution < -0.4 is 0 Å². The Morgan fingerprint density at radius 2 is 2.03 bits per heavy atom. The summed E-state index contributed by atoms with van der Waals surface area (Å²) in [5, 5.41) is 10.7. The first-order valence-electron chi connectivity index (χ1n) is 9.19. The van der Waals surface area contributed by atoms with E-state index in [1.807, 2.05) is 6.92 Å². The van der Waals surface area contributed by atoms with E-state index in [1.54, 1.807) is 53.0 Å². The predicted octanol–water partition coefficient (Wildman–Crippen LogP) is 3.06. The number of rotatable bonds is 6. The third-order valence-electron chi connectivity index (χ3n) is 5.08. The van der Waals surface area contributed by atoms with Gasteiger partial charge < -0.3 is 14.2 Å². The fourth-order valence-electron chi connectivity index (χ4n) is 3.60. The molecule has 9 heteroatoms. The van der Waals surface area contributed by atoms with Crippen molar-refractivity contribution in [1.82, 2.24) is 19.1 Å². The van der Waals surface area contributed by atoms with Crippen LogP contribution in [0, 0.1) is 12.7 Å². The highest BCUT2D eigenvalue weighted by molar-refractivity contribution is 7.85. The summed E-state index contributed by atoms with van der Waals surface area (Å²) >= 11 is 0. The van der Waals surface area contributed by atoms with Crippen molar-refractivity contribution >= 4 is 27.7 Å². The molecule has 0 aliphatic heterocycles. The number of imidazole rings is 1. The Balaban J connectivity index is 1.84. The van der Waals surface area contributed by atoms with Crippen molar-refractivity contribution in [2.45, 2.75) is 29.9 Å². The van der Waals surface area contributed by atoms with Crippen LogP contribution in [0.3, 0.4) is 0 Å². The van der Waals surface area contributed by atoms with Gasteiger partial charge in [-0.25, -0.2) is 18.6 Å². The summed E-state index contributed by atoms with van der Waals surface area (Å²) in [6.07, 6.45) is 3.48. The number of aryl methyl sites for hydroxylation is 1. The summed E-state index contributed by atoms with van der Waals surface area (Å²) < 4.78 is 30.5. The molecule has 0 fully saturated rings. The number of fused-ring (bicyclic) bond motifs is 1. The van der Waals surface area contributed by atoms with Gasteiger partial charge in [-0.1, -0.05) is 6.07 Å². The van der Waals surface area contributed by atoms with Crippen molar-refractivity contribution in [3.8, 4) is 0 Å². The first-order valence-corrected chi connectivity index (χ1v) is 10.3. The Morgan fingerprint density at radius 3 is 2.73 bits per heavy atom. The van der Waals surface area contributed by atoms with Crippen LogP contribution in [0.25, 0.3) is 10.9 Å². The van der Waals surface area contributed by atoms with E-state index in [0.29, 0.717) is 38.8 Å². The lowest BCUT2D eigenvalue weighted by Crippen LogP contribution is -2.10. The number of aromatic nitrogens is 4. The highest BCUT2D eigenvalue weighted by Crippen LogP contribution is 2.30. The Bertz CT molecular complexity index is 1280. The lowest BCUT2D eigenvalue weighted by molar-refractivity contribution is -0.137. The molecule has 1 atom stereocenters. The van der Waals surface area contributed by atoms with Gasteiger partial charge in [0.2, 0.25) is 0 Å². The van der Waals surface area contributed by atoms with E-state index in [1.165, 1.54) is 12.1 Å². The maximum atomic E-state index is 14.0. The zero-order valence-corrected chi connectivity index (χ0v) is 17.2. The molecule has 0 spiro atoms. The van der Waals surface area contributed by atoms with Gasteiger partial charge in [-0.05, 0) is 42.8 Å². The van der Waals surface area contributed by atoms with Gasteiger partial charge in [-0.2, -0.15) is 0 Å². The average molecular weight is 426 g/mol. The predicted molar refractivity (Wildman–Crippen MR) is 109 cm³/mol. The average Bonchev–Trinajstić information content (AvgIpc) is 3.21. The van der Waals surface area contributed by atoms with E-state index < -0.39 is 22.6 Å². The number of carboxylic acids is 1. The molecule has 1 N–H and O–H groups in total. The molecular weight excluding hydrogens is 407 g/mol. The van der Waals surface area contributed by atoms with E-state index in [9.17, 15) is 18.5 Å². The largest absolute Gasteiger partial charge is 0.480 e. The molecule has 0 aliphatic carbocycles. The van der Waals surface area contributed by atoms with Crippen LogP contribution in [0.2, 0.25) is 0 Å². The monoisotopic (exact) mass is 426 g/mol. The molecule has 3 heterocycles. The molecule has 0 saturated carbocycles. The number of nitrogens with zero attached hydrogens (tertiary/aromatic N) is 4. The highest BCUT2D eigenvalue weighted by Gasteiger charge is 2.22. The Hall–Kier alpha value is -3.33. The Morgan fingerprint density at radius 1 is 1.23 bits per heavy atom. The van der Waals surface area contributed by atoms with Gasteiger partial charge in [-0.3, -0.25) is 4.79 Å². The summed E-state index contributed by atoms with van der Waals surface area (Å²) in [6, 6.07) is 9.48. The molecule has 3 aromatic heterocycles. The number of carboxylic acid groups (broad SMARTS) is 1. The summed E-state index contributed by atoms with van der Waals surface area (Å²) in [4.78, 5) is 19.8. The van der Waals surface area contributed by atoms with Crippen LogP contribution in [0.4, 0.5) is 4.39 Å². The maximum absolute atomic E-state index is 14.0. The van der Waals surface area contributed by atoms with Crippen molar-refractivity contribution in [2.24, 2.45) is 7.05 Å². The minimum Gasteiger partial charge on any atom is -0.480 e. The summed E-state index contributed by atoms with van der Waals surface area (Å²) in [7, 11) is 0.223. The number of carbonyl (C=O) groups is 1. The van der Waals surface area contributed by atoms with Crippen LogP contribution in [0.1, 0.15) is 17.0 Å². The molecule has 1 aromatic carbocycles. The number of benzene rings is 1. The Kier molecular flexibility index (Phi) is 5.21. The van der Waals surface area contributed by atoms with Gasteiger partial charge >= 0.3 is 5.97 Å². The third kappa shape index (κ3) is 3.52. The zero-order valence-electron chi connectivity index (χ0n) is 16.4. The van der Waals surface area contributed by atoms with Gasteiger partial charge in [0.15, 0.2) is 5.03 Å². The topological polar surface area (TPSA) is 90.0 Å². The minimum absolute atomic E-state index is 0.230. The summed E-state index contributed by atoms with van der Waals surface area (Å²) in [5.41, 5.74) is 2.82. The van der Waals surface area contributed by atoms with Crippen molar-refractivity contribution in [2.75, 3.05) is 0 Å². The number of pyridine rings is 1. The Labute approximate surface area is 174 Å². The standard InChI is InChI=1S/C21H19FN4O3S/c1-13-15(16-9-14(22)6-7-17(16)26(13)11-20(27)28)10-18-21(24-12-25(18)2)30(29)19-5-3-4-8-23-19/h3-9,12H,10-11H2,1-2H3,(H,27,28). The van der Waals surface area contributed by atoms with Gasteiger partial charge in [0, 0.05) is 36.3 Å². The van der Waals surface area contributed by atoms with E-state index in [-0.39, 0.29) is 6.54 Å². The molecule has 1 unspecified atom stereocenters. The molecule has 0 bridgehead atoms. The normalized spacial score (nSPS) is 12.4. The van der Waals surface area contributed by atoms with Crippen molar-refractivity contribution in [3.63, 3.8) is 0 Å². The van der Waals surface area contributed by atoms with E-state index in [4.69, 9.17) is 0 Å². The van der Waals surface area contributed by atoms with Gasteiger partial charge in [0.25, 0.3) is 0 Å². The number of halogens is 1. The van der Waals surface area contributed by atoms with Gasteiger partial charge in [-0.15, -0.1) is 0 Å². The molecule has 0 saturated heterocycles. The first kappa shape index (κ1) is 20.0. The molecule has 0 aliphatic rings. The number of hydrogen-bond donors (Lipinski definition) is 1. The molecule has 30 heavy (non-hydrogen) atoms. The molecule has 4 aromatic rings. The van der Waals surface area contributed by atoms with Gasteiger partial charge in [0.05, 0.1) is 12.0 Å². The van der Waals surface area contributed by atoms with Crippen molar-refractivity contribution < 1.29 is 18.5 Å². The second-order valence-corrected chi connectivity index (χ2v) is 8.27. The molecular formula is C21H19FN4O3S. The number of aliphatic carboxylic acids is 1. The smallest absolute Gasteiger partial charge is 0.323 e. The van der Waals surface area contributed by atoms with E-state index >= 15 is 0 Å². The first-order chi connectivity index (χ1) is 14.4. The fourth-order valence-corrected chi connectivity index (χ4v) is 4.73. The lowest BCUT2D eigenvalue weighted by Gasteiger charge is -2.08. The van der Waals surface area contributed by atoms with Crippen LogP contribution in [-0.2, 0) is 35.6 Å². The van der Waals surface area contributed by atoms with E-state index in [2.05, 4.69) is 9.97 Å². The lowest BCUT2D eigenvalue weighted by atomic mass is 10.1. The van der Waals surface area contributed by atoms with Crippen LogP contribution in [0.5, 0.6) is 0 Å². The molecule has 154 valence electrons. The molecule has 0 amide bonds. The SMILES string of the molecule is Cc1c(Cc2c(S(=O)c3ccccn3)ncn2C)c2cc(F)ccc2n1CC(=O)O. The fraction of sp³-hybridized carbons (Fsp3) is 0.190. The second kappa shape index (κ2) is 7.83. The molecule has 7 nitrogen and oxygen atoms in total. The van der Waals surface area contributed by atoms with Crippen LogP contribution >= 0.6 is 0 Å². The summed E-state index contributed by atoms with van der Waals surface area (Å²) in [5.74, 6) is -1.39. The second-order valence-electron chi connectivity index (χ2n) is 6.93. The molecule has 4 rings (SSSR count). The van der Waals surface area contributed by atoms with Crippen molar-refractivity contribution in [3.05, 3.63) is 71.7 Å². The highest BCUT2D eigenvalue weighted by atomic mass is 32.2. The third-order valence-corrected chi connectivity index (χ3v) is 6.39. The van der Waals surface area contributed by atoms with Gasteiger partial charge in [0.1, 0.15) is 28.2 Å². The number of hydrogen-bond acceptors (Lipinski definition) is 4. The van der Waals surface area contributed by atoms with Crippen LogP contribution in [0.15, 0.2) is 59.0 Å².